The van der Waals surface area contributed by atoms with Gasteiger partial charge in [-0.3, -0.25) is 0 Å². The molecule has 38 heavy (non-hydrogen) atoms. The van der Waals surface area contributed by atoms with Gasteiger partial charge in [0.15, 0.2) is 0 Å². The molecule has 0 bridgehead atoms. The second kappa shape index (κ2) is 14.4. The number of benzene rings is 3. The van der Waals surface area contributed by atoms with Gasteiger partial charge in [-0.15, -0.1) is 0 Å². The van der Waals surface area contributed by atoms with E-state index in [1.165, 1.54) is 0 Å². The van der Waals surface area contributed by atoms with Crippen LogP contribution in [0.5, 0.6) is 17.2 Å². The maximum absolute atomic E-state index is 9.45. The Morgan fingerprint density at radius 2 is 0.605 bits per heavy atom. The van der Waals surface area contributed by atoms with E-state index in [9.17, 15) is 15.3 Å². The average molecular weight is 549 g/mol. The molecule has 3 rings (SSSR count). The molecule has 0 aliphatic heterocycles. The van der Waals surface area contributed by atoms with Gasteiger partial charge >= 0.3 is 7.82 Å². The third kappa shape index (κ3) is 14.8. The minimum atomic E-state index is -4.64. The molecular formula is C30H45O7P. The van der Waals surface area contributed by atoms with Crippen molar-refractivity contribution in [1.29, 1.82) is 0 Å². The first-order valence-electron chi connectivity index (χ1n) is 12.2. The molecule has 0 aliphatic rings. The molecule has 0 fully saturated rings. The van der Waals surface area contributed by atoms with Gasteiger partial charge in [-0.2, -0.15) is 0 Å². The fourth-order valence-corrected chi connectivity index (χ4v) is 3.32. The number of hydrogen-bond acceptors (Lipinski definition) is 4. The van der Waals surface area contributed by atoms with Crippen molar-refractivity contribution in [2.24, 2.45) is 0 Å². The Morgan fingerprint density at radius 3 is 0.711 bits per heavy atom. The highest BCUT2D eigenvalue weighted by Gasteiger charge is 2.18. The van der Waals surface area contributed by atoms with Crippen LogP contribution in [-0.4, -0.2) is 30.0 Å². The van der Waals surface area contributed by atoms with Crippen molar-refractivity contribution in [3.63, 3.8) is 0 Å². The Hall–Kier alpha value is -2.83. The van der Waals surface area contributed by atoms with Crippen molar-refractivity contribution < 1.29 is 34.6 Å². The third-order valence-electron chi connectivity index (χ3n) is 5.14. The van der Waals surface area contributed by atoms with Gasteiger partial charge in [-0.05, 0) is 51.1 Å². The molecule has 0 spiro atoms. The smallest absolute Gasteiger partial charge is 0.466 e. The number of rotatable bonds is 0. The van der Waals surface area contributed by atoms with Crippen LogP contribution in [-0.2, 0) is 20.8 Å². The third-order valence-corrected chi connectivity index (χ3v) is 5.14. The largest absolute Gasteiger partial charge is 0.508 e. The van der Waals surface area contributed by atoms with Crippen molar-refractivity contribution in [1.82, 2.24) is 0 Å². The summed E-state index contributed by atoms with van der Waals surface area (Å²) in [6.07, 6.45) is 0. The lowest BCUT2D eigenvalue weighted by atomic mass is 9.86. The maximum atomic E-state index is 9.45. The van der Waals surface area contributed by atoms with E-state index in [0.29, 0.717) is 17.2 Å². The summed E-state index contributed by atoms with van der Waals surface area (Å²) in [5.74, 6) is 1.17. The van der Waals surface area contributed by atoms with Gasteiger partial charge in [0.1, 0.15) is 17.2 Å². The molecule has 0 saturated carbocycles. The van der Waals surface area contributed by atoms with Gasteiger partial charge < -0.3 is 30.0 Å². The van der Waals surface area contributed by atoms with Gasteiger partial charge in [0.05, 0.1) is 0 Å². The fraction of sp³-hybridized carbons (Fsp3) is 0.400. The van der Waals surface area contributed by atoms with Crippen LogP contribution < -0.4 is 0 Å². The predicted molar refractivity (Wildman–Crippen MR) is 155 cm³/mol. The second-order valence-electron chi connectivity index (χ2n) is 11.8. The number of phosphoric acid groups is 1. The molecule has 6 N–H and O–H groups in total. The summed E-state index contributed by atoms with van der Waals surface area (Å²) in [6.45, 7) is 18.8. The zero-order valence-electron chi connectivity index (χ0n) is 24.0. The number of phenolic OH excluding ortho intramolecular Hbond substituents is 3. The zero-order chi connectivity index (χ0) is 29.9. The van der Waals surface area contributed by atoms with Gasteiger partial charge in [-0.1, -0.05) is 117 Å². The number of aromatic hydroxyl groups is 3. The average Bonchev–Trinajstić information content (AvgIpc) is 2.72. The van der Waals surface area contributed by atoms with Crippen molar-refractivity contribution in [3.8, 4) is 17.2 Å². The van der Waals surface area contributed by atoms with Crippen molar-refractivity contribution >= 4 is 7.82 Å². The first-order valence-corrected chi connectivity index (χ1v) is 13.8. The van der Waals surface area contributed by atoms with E-state index in [1.54, 1.807) is 18.2 Å². The normalized spacial score (nSPS) is 11.6. The summed E-state index contributed by atoms with van der Waals surface area (Å²) in [7, 11) is -4.64. The molecule has 0 unspecified atom stereocenters. The summed E-state index contributed by atoms with van der Waals surface area (Å²) < 4.78 is 8.88. The molecule has 0 aromatic heterocycles. The van der Waals surface area contributed by atoms with Crippen LogP contribution in [0.15, 0.2) is 72.8 Å². The molecule has 0 saturated heterocycles. The van der Waals surface area contributed by atoms with Crippen LogP contribution in [0.2, 0.25) is 0 Å². The quantitative estimate of drug-likeness (QED) is 0.164. The van der Waals surface area contributed by atoms with Crippen LogP contribution in [0, 0.1) is 0 Å². The standard InChI is InChI=1S/3C10H14O.H3O4P/c3*1-10(2,3)8-6-4-5-7-9(8)11;1-5(2,3)4/h3*4-7,11H,1-3H3;(H3,1,2,3,4). The first-order chi connectivity index (χ1) is 17.0. The molecule has 0 atom stereocenters. The zero-order valence-corrected chi connectivity index (χ0v) is 24.9. The Kier molecular flexibility index (Phi) is 13.3. The summed E-state index contributed by atoms with van der Waals surface area (Å²) in [6, 6.07) is 22.4. The number of phenols is 3. The molecule has 7 nitrogen and oxygen atoms in total. The molecule has 3 aromatic carbocycles. The lowest BCUT2D eigenvalue weighted by Gasteiger charge is -2.19. The maximum Gasteiger partial charge on any atom is 0.466 e. The highest BCUT2D eigenvalue weighted by molar-refractivity contribution is 7.45. The van der Waals surface area contributed by atoms with Gasteiger partial charge in [0, 0.05) is 0 Å². The summed E-state index contributed by atoms with van der Waals surface area (Å²) >= 11 is 0. The van der Waals surface area contributed by atoms with Crippen LogP contribution in [0.1, 0.15) is 79.0 Å². The summed E-state index contributed by atoms with van der Waals surface area (Å²) in [5.41, 5.74) is 3.10. The molecule has 0 aliphatic carbocycles. The molecule has 0 amide bonds. The van der Waals surface area contributed by atoms with Crippen molar-refractivity contribution in [2.75, 3.05) is 0 Å². The fourth-order valence-electron chi connectivity index (χ4n) is 3.32. The topological polar surface area (TPSA) is 138 Å². The Bertz CT molecular complexity index is 1020. The molecule has 0 heterocycles. The first kappa shape index (κ1) is 35.2. The van der Waals surface area contributed by atoms with Crippen LogP contribution >= 0.6 is 7.82 Å². The van der Waals surface area contributed by atoms with E-state index in [4.69, 9.17) is 19.2 Å². The number of para-hydroxylation sites is 3. The van der Waals surface area contributed by atoms with Crippen LogP contribution in [0.4, 0.5) is 0 Å². The van der Waals surface area contributed by atoms with Gasteiger partial charge in [-0.25, -0.2) is 4.57 Å². The summed E-state index contributed by atoms with van der Waals surface area (Å²) in [4.78, 5) is 21.6. The molecule has 8 heteroatoms. The minimum absolute atomic E-state index is 0.0331. The lowest BCUT2D eigenvalue weighted by Crippen LogP contribution is -2.10. The van der Waals surface area contributed by atoms with Crippen LogP contribution in [0.3, 0.4) is 0 Å². The minimum Gasteiger partial charge on any atom is -0.508 e. The second-order valence-corrected chi connectivity index (χ2v) is 12.8. The highest BCUT2D eigenvalue weighted by Crippen LogP contribution is 2.31. The van der Waals surface area contributed by atoms with E-state index < -0.39 is 7.82 Å². The molecular weight excluding hydrogens is 503 g/mol. The molecule has 0 radical (unpaired) electrons. The monoisotopic (exact) mass is 548 g/mol. The Morgan fingerprint density at radius 1 is 0.447 bits per heavy atom. The van der Waals surface area contributed by atoms with E-state index in [1.807, 2.05) is 54.6 Å². The van der Waals surface area contributed by atoms with Crippen molar-refractivity contribution in [2.45, 2.75) is 78.6 Å². The van der Waals surface area contributed by atoms with Gasteiger partial charge in [0.2, 0.25) is 0 Å². The van der Waals surface area contributed by atoms with E-state index in [-0.39, 0.29) is 16.2 Å². The molecule has 212 valence electrons. The van der Waals surface area contributed by atoms with E-state index in [2.05, 4.69) is 62.3 Å². The Balaban J connectivity index is 0.000000497. The Labute approximate surface area is 227 Å². The predicted octanol–water partition coefficient (Wildman–Crippen LogP) is 7.14. The highest BCUT2D eigenvalue weighted by atomic mass is 31.2. The van der Waals surface area contributed by atoms with E-state index in [0.717, 1.165) is 16.7 Å². The summed E-state index contributed by atoms with van der Waals surface area (Å²) in [5, 5.41) is 28.3. The van der Waals surface area contributed by atoms with Gasteiger partial charge in [0.25, 0.3) is 0 Å². The van der Waals surface area contributed by atoms with Crippen molar-refractivity contribution in [3.05, 3.63) is 89.5 Å². The SMILES string of the molecule is CC(C)(C)c1ccccc1O.CC(C)(C)c1ccccc1O.CC(C)(C)c1ccccc1O.O=P(O)(O)O. The van der Waals surface area contributed by atoms with E-state index >= 15 is 0 Å². The number of hydrogen-bond donors (Lipinski definition) is 6. The van der Waals surface area contributed by atoms with Crippen LogP contribution in [0.25, 0.3) is 0 Å². The molecule has 3 aromatic rings. The lowest BCUT2D eigenvalue weighted by molar-refractivity contribution is 0.275.